The summed E-state index contributed by atoms with van der Waals surface area (Å²) >= 11 is 0. The molecule has 42 heavy (non-hydrogen) atoms. The van der Waals surface area contributed by atoms with E-state index < -0.39 is 69.3 Å². The summed E-state index contributed by atoms with van der Waals surface area (Å²) < 4.78 is 132. The molecule has 0 amide bonds. The van der Waals surface area contributed by atoms with Gasteiger partial charge in [0, 0.05) is 17.2 Å². The maximum Gasteiger partial charge on any atom is 0.432 e. The Morgan fingerprint density at radius 3 is 1.33 bits per heavy atom. The van der Waals surface area contributed by atoms with Gasteiger partial charge in [-0.2, -0.15) is 8.78 Å². The predicted octanol–water partition coefficient (Wildman–Crippen LogP) is 11.5. The van der Waals surface area contributed by atoms with Crippen LogP contribution in [0, 0.1) is 47.6 Å². The molecule has 0 atom stereocenters. The van der Waals surface area contributed by atoms with Crippen LogP contribution in [0.4, 0.5) is 39.5 Å². The number of hydrogen-bond donors (Lipinski definition) is 0. The lowest BCUT2D eigenvalue weighted by atomic mass is 10.0. The van der Waals surface area contributed by atoms with Crippen molar-refractivity contribution >= 4 is 0 Å². The number of rotatable bonds is 5. The number of benzene rings is 4. The van der Waals surface area contributed by atoms with Crippen molar-refractivity contribution in [2.45, 2.75) is 54.6 Å². The first-order valence-corrected chi connectivity index (χ1v) is 13.1. The van der Waals surface area contributed by atoms with Crippen molar-refractivity contribution in [1.82, 2.24) is 0 Å². The Morgan fingerprint density at radius 2 is 0.905 bits per heavy atom. The zero-order valence-electron chi connectivity index (χ0n) is 24.1. The zero-order valence-corrected chi connectivity index (χ0v) is 24.1. The Bertz CT molecular complexity index is 1440. The fraction of sp³-hybridized carbons (Fsp3) is 0.250. The minimum Gasteiger partial charge on any atom is -0.429 e. The molecule has 0 saturated carbocycles. The van der Waals surface area contributed by atoms with Gasteiger partial charge in [-0.05, 0) is 66.1 Å². The van der Waals surface area contributed by atoms with E-state index in [9.17, 15) is 39.5 Å². The summed E-state index contributed by atoms with van der Waals surface area (Å²) in [6.07, 6.45) is -4.64. The van der Waals surface area contributed by atoms with E-state index >= 15 is 0 Å². The maximum absolute atomic E-state index is 14.7. The van der Waals surface area contributed by atoms with Crippen molar-refractivity contribution in [3.8, 4) is 28.0 Å². The molecule has 0 saturated heterocycles. The normalized spacial score (nSPS) is 10.4. The maximum atomic E-state index is 14.7. The van der Waals surface area contributed by atoms with E-state index in [1.165, 1.54) is 12.1 Å². The summed E-state index contributed by atoms with van der Waals surface area (Å²) in [5.41, 5.74) is -2.74. The van der Waals surface area contributed by atoms with Gasteiger partial charge in [0.05, 0.1) is 0 Å². The zero-order chi connectivity index (χ0) is 32.4. The Labute approximate surface area is 239 Å². The van der Waals surface area contributed by atoms with Crippen LogP contribution in [-0.4, -0.2) is 0 Å². The van der Waals surface area contributed by atoms with Gasteiger partial charge in [-0.25, -0.2) is 30.7 Å². The lowest BCUT2D eigenvalue weighted by molar-refractivity contribution is -0.189. The van der Waals surface area contributed by atoms with Crippen LogP contribution >= 0.6 is 0 Å². The quantitative estimate of drug-likeness (QED) is 0.163. The van der Waals surface area contributed by atoms with Gasteiger partial charge in [-0.1, -0.05) is 53.7 Å². The highest BCUT2D eigenvalue weighted by Crippen LogP contribution is 2.38. The van der Waals surface area contributed by atoms with E-state index in [-0.39, 0.29) is 11.1 Å². The monoisotopic (exact) mass is 602 g/mol. The second kappa shape index (κ2) is 15.9. The molecular weight excluding hydrogens is 571 g/mol. The highest BCUT2D eigenvalue weighted by molar-refractivity contribution is 5.66. The first-order chi connectivity index (χ1) is 19.9. The van der Waals surface area contributed by atoms with Gasteiger partial charge in [-0.15, -0.1) is 0 Å². The van der Waals surface area contributed by atoms with Crippen LogP contribution < -0.4 is 4.74 Å². The fourth-order valence-electron chi connectivity index (χ4n) is 3.56. The highest BCUT2D eigenvalue weighted by Gasteiger charge is 2.41. The lowest BCUT2D eigenvalue weighted by Gasteiger charge is -2.20. The third-order valence-electron chi connectivity index (χ3n) is 5.25. The van der Waals surface area contributed by atoms with Gasteiger partial charge in [0.2, 0.25) is 0 Å². The second-order valence-electron chi connectivity index (χ2n) is 7.81. The largest absolute Gasteiger partial charge is 0.432 e. The molecular formula is C32H31F9O. The smallest absolute Gasteiger partial charge is 0.429 e. The molecule has 0 aliphatic heterocycles. The molecule has 0 aromatic heterocycles. The fourth-order valence-corrected chi connectivity index (χ4v) is 3.56. The number of alkyl halides is 2. The van der Waals surface area contributed by atoms with Crippen LogP contribution in [0.25, 0.3) is 22.3 Å². The summed E-state index contributed by atoms with van der Waals surface area (Å²) in [6, 6.07) is 7.76. The Kier molecular flexibility index (Phi) is 13.6. The van der Waals surface area contributed by atoms with Gasteiger partial charge in [-0.3, -0.25) is 0 Å². The van der Waals surface area contributed by atoms with Crippen LogP contribution in [-0.2, 0) is 6.11 Å². The lowest BCUT2D eigenvalue weighted by Crippen LogP contribution is -2.25. The summed E-state index contributed by atoms with van der Waals surface area (Å²) in [5.74, 6) is -11.5. The van der Waals surface area contributed by atoms with Gasteiger partial charge in [0.1, 0.15) is 34.6 Å². The number of aryl methyl sites for hydroxylation is 1. The first kappa shape index (κ1) is 36.1. The van der Waals surface area contributed by atoms with Crippen molar-refractivity contribution in [3.63, 3.8) is 0 Å². The molecule has 0 unspecified atom stereocenters. The van der Waals surface area contributed by atoms with Crippen LogP contribution in [0.15, 0.2) is 60.7 Å². The van der Waals surface area contributed by atoms with Crippen molar-refractivity contribution in [1.29, 1.82) is 0 Å². The molecule has 0 aliphatic rings. The molecule has 0 fully saturated rings. The van der Waals surface area contributed by atoms with E-state index in [2.05, 4.69) is 4.74 Å². The van der Waals surface area contributed by atoms with Crippen LogP contribution in [0.3, 0.4) is 0 Å². The molecule has 4 rings (SSSR count). The van der Waals surface area contributed by atoms with E-state index in [0.717, 1.165) is 18.2 Å². The number of halogens is 9. The molecule has 228 valence electrons. The summed E-state index contributed by atoms with van der Waals surface area (Å²) in [4.78, 5) is 0. The molecule has 10 heteroatoms. The van der Waals surface area contributed by atoms with Crippen molar-refractivity contribution < 1.29 is 44.3 Å². The van der Waals surface area contributed by atoms with E-state index in [1.54, 1.807) is 6.92 Å². The third-order valence-corrected chi connectivity index (χ3v) is 5.25. The minimum atomic E-state index is -4.64. The highest BCUT2D eigenvalue weighted by atomic mass is 19.3. The van der Waals surface area contributed by atoms with Crippen LogP contribution in [0.5, 0.6) is 5.75 Å². The topological polar surface area (TPSA) is 9.23 Å². The average molecular weight is 603 g/mol. The van der Waals surface area contributed by atoms with Crippen LogP contribution in [0.1, 0.15) is 52.7 Å². The Hall–Kier alpha value is -3.95. The third kappa shape index (κ3) is 8.30. The molecule has 0 radical (unpaired) electrons. The van der Waals surface area contributed by atoms with E-state index in [1.807, 2.05) is 41.5 Å². The Balaban J connectivity index is 0.00000138. The van der Waals surface area contributed by atoms with Gasteiger partial charge in [0.15, 0.2) is 17.5 Å². The van der Waals surface area contributed by atoms with E-state index in [0.29, 0.717) is 35.9 Å². The summed E-state index contributed by atoms with van der Waals surface area (Å²) in [7, 11) is 0. The molecule has 0 bridgehead atoms. The van der Waals surface area contributed by atoms with Gasteiger partial charge < -0.3 is 4.74 Å². The summed E-state index contributed by atoms with van der Waals surface area (Å²) in [5, 5.41) is 0. The molecule has 4 aromatic carbocycles. The average Bonchev–Trinajstić information content (AvgIpc) is 2.94. The Morgan fingerprint density at radius 1 is 0.500 bits per heavy atom. The molecule has 0 aliphatic carbocycles. The summed E-state index contributed by atoms with van der Waals surface area (Å²) in [6.45, 7) is 13.6. The van der Waals surface area contributed by atoms with Crippen molar-refractivity contribution in [2.75, 3.05) is 0 Å². The molecule has 1 nitrogen and oxygen atoms in total. The molecule has 4 aromatic rings. The van der Waals surface area contributed by atoms with Gasteiger partial charge >= 0.3 is 6.11 Å². The van der Waals surface area contributed by atoms with Gasteiger partial charge in [0.25, 0.3) is 0 Å². The van der Waals surface area contributed by atoms with Crippen molar-refractivity contribution in [3.05, 3.63) is 113 Å². The second-order valence-corrected chi connectivity index (χ2v) is 7.81. The first-order valence-electron chi connectivity index (χ1n) is 13.1. The molecule has 0 spiro atoms. The SMILES string of the molecule is CC.CC.CC.Cc1ccc(-c2cc(F)c(C(F)(F)Oc3ccc(-c4cc(F)c(F)c(F)c4)c(F)c3)c(F)c2)c(F)c1. The number of hydrogen-bond acceptors (Lipinski definition) is 1. The van der Waals surface area contributed by atoms with Crippen LogP contribution in [0.2, 0.25) is 0 Å². The predicted molar refractivity (Wildman–Crippen MR) is 147 cm³/mol. The minimum absolute atomic E-state index is 0.222. The van der Waals surface area contributed by atoms with E-state index in [4.69, 9.17) is 0 Å². The molecule has 0 N–H and O–H groups in total. The standard InChI is InChI=1S/C26H13F9O.3C2H6/c1-12-2-4-16(18(27)6-12)13-7-20(29)24(21(30)8-13)26(34,35)36-15-3-5-17(19(28)11-15)14-9-22(31)25(33)23(32)10-14;3*1-2/h2-11H,1H3;3*1-2H3. The number of ether oxygens (including phenoxy) is 1. The van der Waals surface area contributed by atoms with Crippen molar-refractivity contribution in [2.24, 2.45) is 0 Å². The molecule has 0 heterocycles.